The summed E-state index contributed by atoms with van der Waals surface area (Å²) in [5.74, 6) is -0.938. The van der Waals surface area contributed by atoms with Gasteiger partial charge in [-0.25, -0.2) is 0 Å². The van der Waals surface area contributed by atoms with E-state index in [0.29, 0.717) is 19.3 Å². The molecule has 0 aromatic rings. The summed E-state index contributed by atoms with van der Waals surface area (Å²) in [5, 5.41) is 0. The van der Waals surface area contributed by atoms with Gasteiger partial charge in [-0.05, 0) is 135 Å². The lowest BCUT2D eigenvalue weighted by molar-refractivity contribution is -0.167. The van der Waals surface area contributed by atoms with Crippen molar-refractivity contribution in [2.24, 2.45) is 0 Å². The predicted molar refractivity (Wildman–Crippen MR) is 353 cm³/mol. The Morgan fingerprint density at radius 3 is 0.765 bits per heavy atom. The van der Waals surface area contributed by atoms with Gasteiger partial charge >= 0.3 is 17.9 Å². The van der Waals surface area contributed by atoms with Gasteiger partial charge in [-0.3, -0.25) is 14.4 Å². The van der Waals surface area contributed by atoms with Crippen molar-refractivity contribution in [2.75, 3.05) is 13.2 Å². The molecule has 0 fully saturated rings. The van der Waals surface area contributed by atoms with E-state index in [1.54, 1.807) is 0 Å². The van der Waals surface area contributed by atoms with Crippen LogP contribution in [0.15, 0.2) is 134 Å². The Labute approximate surface area is 500 Å². The van der Waals surface area contributed by atoms with Gasteiger partial charge in [0, 0.05) is 19.3 Å². The summed E-state index contributed by atoms with van der Waals surface area (Å²) in [5.41, 5.74) is 0. The van der Waals surface area contributed by atoms with Crippen molar-refractivity contribution in [3.8, 4) is 0 Å². The highest BCUT2D eigenvalue weighted by molar-refractivity contribution is 5.71. The first kappa shape index (κ1) is 76.5. The largest absolute Gasteiger partial charge is 0.462 e. The highest BCUT2D eigenvalue weighted by Crippen LogP contribution is 2.16. The van der Waals surface area contributed by atoms with Crippen LogP contribution in [0.4, 0.5) is 0 Å². The molecule has 6 heteroatoms. The van der Waals surface area contributed by atoms with E-state index in [1.807, 2.05) is 0 Å². The third-order valence-corrected chi connectivity index (χ3v) is 14.1. The van der Waals surface area contributed by atoms with E-state index < -0.39 is 6.10 Å². The second-order valence-corrected chi connectivity index (χ2v) is 22.0. The molecular formula is C75H124O6. The fourth-order valence-corrected chi connectivity index (χ4v) is 9.14. The molecule has 0 aromatic heterocycles. The van der Waals surface area contributed by atoms with Crippen LogP contribution in [0.25, 0.3) is 0 Å². The topological polar surface area (TPSA) is 78.9 Å². The molecule has 0 N–H and O–H groups in total. The number of ether oxygens (including phenoxy) is 3. The molecule has 1 atom stereocenters. The lowest BCUT2D eigenvalue weighted by Crippen LogP contribution is -2.30. The number of carbonyl (C=O) groups is 3. The normalized spacial score (nSPS) is 13.0. The molecule has 0 amide bonds. The number of rotatable bonds is 60. The summed E-state index contributed by atoms with van der Waals surface area (Å²) in [4.78, 5) is 38.4. The van der Waals surface area contributed by atoms with Crippen molar-refractivity contribution in [1.29, 1.82) is 0 Å². The zero-order valence-electron chi connectivity index (χ0n) is 52.8. The Hall–Kier alpha value is -4.45. The molecule has 0 spiro atoms. The van der Waals surface area contributed by atoms with Crippen LogP contribution in [-0.2, 0) is 28.6 Å². The maximum absolute atomic E-state index is 12.9. The molecule has 0 saturated heterocycles. The number of esters is 3. The molecule has 0 radical (unpaired) electrons. The first-order chi connectivity index (χ1) is 40.0. The van der Waals surface area contributed by atoms with E-state index in [1.165, 1.54) is 122 Å². The summed E-state index contributed by atoms with van der Waals surface area (Å²) in [7, 11) is 0. The number of hydrogen-bond acceptors (Lipinski definition) is 6. The first-order valence-electron chi connectivity index (χ1n) is 33.7. The van der Waals surface area contributed by atoms with Crippen molar-refractivity contribution < 1.29 is 28.6 Å². The maximum Gasteiger partial charge on any atom is 0.306 e. The van der Waals surface area contributed by atoms with Crippen molar-refractivity contribution in [1.82, 2.24) is 0 Å². The van der Waals surface area contributed by atoms with E-state index in [4.69, 9.17) is 14.2 Å². The van der Waals surface area contributed by atoms with Crippen molar-refractivity contribution in [2.45, 2.75) is 309 Å². The highest BCUT2D eigenvalue weighted by Gasteiger charge is 2.19. The molecule has 6 nitrogen and oxygen atoms in total. The van der Waals surface area contributed by atoms with Crippen LogP contribution in [0.5, 0.6) is 0 Å². The molecule has 0 heterocycles. The Morgan fingerprint density at radius 2 is 0.481 bits per heavy atom. The lowest BCUT2D eigenvalue weighted by atomic mass is 10.0. The van der Waals surface area contributed by atoms with Crippen molar-refractivity contribution in [3.05, 3.63) is 134 Å². The standard InChI is InChI=1S/C75H124O6/c1-4-7-10-13-16-19-22-25-27-29-31-33-35-37-39-41-43-45-47-50-53-56-59-62-65-68-74(77)80-71-72(70-79-73(76)67-64-61-58-55-52-49-24-21-18-15-12-9-6-3)81-75(78)69-66-63-60-57-54-51-48-46-44-42-40-38-36-34-32-30-28-26-23-20-17-14-11-8-5-2/h7,9-10,12,16,18-19,21,23,25-27,30-33,37,39,43,45,49,52,72H,4-6,8,11,13-15,17,20,22,24,28-29,34-36,38,40-42,44,46-48,50-51,53-71H2,1-3H3/b10-7-,12-9-,19-16-,21-18-,26-23-,27-25-,32-30-,33-31-,39-37-,45-43-,52-49-. The van der Waals surface area contributed by atoms with Gasteiger partial charge in [-0.2, -0.15) is 0 Å². The minimum absolute atomic E-state index is 0.0986. The van der Waals surface area contributed by atoms with Crippen LogP contribution in [0.2, 0.25) is 0 Å². The third-order valence-electron chi connectivity index (χ3n) is 14.1. The molecule has 0 saturated carbocycles. The van der Waals surface area contributed by atoms with Gasteiger partial charge in [0.05, 0.1) is 0 Å². The molecule has 0 rings (SSSR count). The number of carbonyl (C=O) groups excluding carboxylic acids is 3. The molecule has 81 heavy (non-hydrogen) atoms. The molecule has 460 valence electrons. The van der Waals surface area contributed by atoms with Crippen LogP contribution in [-0.4, -0.2) is 37.2 Å². The minimum Gasteiger partial charge on any atom is -0.462 e. The Kier molecular flexibility index (Phi) is 64.3. The van der Waals surface area contributed by atoms with Gasteiger partial charge in [0.15, 0.2) is 6.10 Å². The fourth-order valence-electron chi connectivity index (χ4n) is 9.14. The van der Waals surface area contributed by atoms with Crippen LogP contribution in [0, 0.1) is 0 Å². The van der Waals surface area contributed by atoms with Crippen LogP contribution < -0.4 is 0 Å². The van der Waals surface area contributed by atoms with Gasteiger partial charge in [-0.1, -0.05) is 283 Å². The molecule has 0 bridgehead atoms. The summed E-state index contributed by atoms with van der Waals surface area (Å²) in [6, 6.07) is 0. The molecular weight excluding hydrogens is 997 g/mol. The van der Waals surface area contributed by atoms with E-state index in [2.05, 4.69) is 154 Å². The third kappa shape index (κ3) is 66.2. The molecule has 0 aliphatic carbocycles. The van der Waals surface area contributed by atoms with Crippen LogP contribution >= 0.6 is 0 Å². The average molecular weight is 1120 g/mol. The Balaban J connectivity index is 4.37. The average Bonchev–Trinajstić information content (AvgIpc) is 3.46. The summed E-state index contributed by atoms with van der Waals surface area (Å²) >= 11 is 0. The monoisotopic (exact) mass is 1120 g/mol. The summed E-state index contributed by atoms with van der Waals surface area (Å²) < 4.78 is 16.9. The molecule has 0 aliphatic heterocycles. The second kappa shape index (κ2) is 68.1. The Bertz CT molecular complexity index is 1720. The fraction of sp³-hybridized carbons (Fsp3) is 0.667. The van der Waals surface area contributed by atoms with E-state index >= 15 is 0 Å². The maximum atomic E-state index is 12.9. The van der Waals surface area contributed by atoms with Gasteiger partial charge in [0.25, 0.3) is 0 Å². The first-order valence-corrected chi connectivity index (χ1v) is 33.7. The molecule has 1 unspecified atom stereocenters. The second-order valence-electron chi connectivity index (χ2n) is 22.0. The zero-order valence-corrected chi connectivity index (χ0v) is 52.8. The molecule has 0 aromatic carbocycles. The quantitative estimate of drug-likeness (QED) is 0.0261. The van der Waals surface area contributed by atoms with E-state index in [0.717, 1.165) is 141 Å². The highest BCUT2D eigenvalue weighted by atomic mass is 16.6. The SMILES string of the molecule is CC/C=C\C/C=C\C/C=C\C/C=C\C/C=C\C/C=C\CCCCCCCCC(=O)OCC(COC(=O)CCCCC/C=C\C/C=C\C/C=C\CC)OC(=O)CCCCCCCCCCCCCCC/C=C\C/C=C\CCCCCCC. The van der Waals surface area contributed by atoms with Crippen LogP contribution in [0.3, 0.4) is 0 Å². The molecule has 0 aliphatic rings. The predicted octanol–water partition coefficient (Wildman–Crippen LogP) is 23.3. The van der Waals surface area contributed by atoms with Crippen molar-refractivity contribution in [3.63, 3.8) is 0 Å². The van der Waals surface area contributed by atoms with Gasteiger partial charge in [-0.15, -0.1) is 0 Å². The van der Waals surface area contributed by atoms with Gasteiger partial charge in [0.2, 0.25) is 0 Å². The smallest absolute Gasteiger partial charge is 0.306 e. The number of allylic oxidation sites excluding steroid dienone is 22. The van der Waals surface area contributed by atoms with Crippen molar-refractivity contribution >= 4 is 17.9 Å². The number of hydrogen-bond donors (Lipinski definition) is 0. The lowest BCUT2D eigenvalue weighted by Gasteiger charge is -2.18. The zero-order chi connectivity index (χ0) is 58.5. The number of unbranched alkanes of at least 4 members (excludes halogenated alkanes) is 27. The van der Waals surface area contributed by atoms with E-state index in [-0.39, 0.29) is 31.1 Å². The van der Waals surface area contributed by atoms with E-state index in [9.17, 15) is 14.4 Å². The summed E-state index contributed by atoms with van der Waals surface area (Å²) in [6.45, 7) is 6.38. The van der Waals surface area contributed by atoms with Gasteiger partial charge < -0.3 is 14.2 Å². The van der Waals surface area contributed by atoms with Crippen LogP contribution in [0.1, 0.15) is 303 Å². The summed E-state index contributed by atoms with van der Waals surface area (Å²) in [6.07, 6.45) is 96.1. The van der Waals surface area contributed by atoms with Gasteiger partial charge in [0.1, 0.15) is 13.2 Å². The Morgan fingerprint density at radius 1 is 0.259 bits per heavy atom. The minimum atomic E-state index is -0.803.